The van der Waals surface area contributed by atoms with Crippen LogP contribution >= 0.6 is 0 Å². The van der Waals surface area contributed by atoms with E-state index >= 15 is 0 Å². The van der Waals surface area contributed by atoms with Crippen molar-refractivity contribution in [3.05, 3.63) is 18.3 Å². The number of pyridine rings is 1. The SMILES string of the molecule is CC(=O)N1CCN(c2nc3c(N4CCOCC4)nc(-c4ccc(N)nc4)nc3n2CC(F)(F)F)C[C@@H]1C. The zero-order valence-corrected chi connectivity index (χ0v) is 20.6. The lowest BCUT2D eigenvalue weighted by atomic mass is 10.2. The zero-order valence-electron chi connectivity index (χ0n) is 20.6. The Morgan fingerprint density at radius 2 is 1.86 bits per heavy atom. The number of hydrogen-bond donors (Lipinski definition) is 1. The van der Waals surface area contributed by atoms with Gasteiger partial charge in [-0.25, -0.2) is 19.9 Å². The molecule has 2 aliphatic heterocycles. The summed E-state index contributed by atoms with van der Waals surface area (Å²) in [5.41, 5.74) is 6.61. The number of fused-ring (bicyclic) bond motifs is 1. The second-order valence-corrected chi connectivity index (χ2v) is 9.23. The predicted molar refractivity (Wildman–Crippen MR) is 131 cm³/mol. The predicted octanol–water partition coefficient (Wildman–Crippen LogP) is 1.93. The van der Waals surface area contributed by atoms with Crippen LogP contribution in [0.4, 0.5) is 30.8 Å². The molecule has 11 nitrogen and oxygen atoms in total. The van der Waals surface area contributed by atoms with Crippen molar-refractivity contribution in [2.75, 3.05) is 61.5 Å². The summed E-state index contributed by atoms with van der Waals surface area (Å²) in [6, 6.07) is 3.08. The van der Waals surface area contributed by atoms with Crippen LogP contribution in [-0.2, 0) is 16.1 Å². The van der Waals surface area contributed by atoms with E-state index in [9.17, 15) is 18.0 Å². The van der Waals surface area contributed by atoms with Crippen LogP contribution in [0.15, 0.2) is 18.3 Å². The van der Waals surface area contributed by atoms with Gasteiger partial charge in [-0.05, 0) is 19.1 Å². The van der Waals surface area contributed by atoms with Crippen LogP contribution in [0.5, 0.6) is 0 Å². The fourth-order valence-electron chi connectivity index (χ4n) is 4.81. The van der Waals surface area contributed by atoms with Crippen LogP contribution in [0, 0.1) is 0 Å². The molecule has 3 aromatic heterocycles. The highest BCUT2D eigenvalue weighted by Gasteiger charge is 2.35. The van der Waals surface area contributed by atoms with Crippen LogP contribution < -0.4 is 15.5 Å². The topological polar surface area (TPSA) is 119 Å². The lowest BCUT2D eigenvalue weighted by Gasteiger charge is -2.40. The highest BCUT2D eigenvalue weighted by atomic mass is 19.4. The molecule has 0 saturated carbocycles. The summed E-state index contributed by atoms with van der Waals surface area (Å²) in [4.78, 5) is 35.4. The Labute approximate surface area is 211 Å². The van der Waals surface area contributed by atoms with Gasteiger partial charge in [0.1, 0.15) is 12.4 Å². The average molecular weight is 520 g/mol. The summed E-state index contributed by atoms with van der Waals surface area (Å²) in [5.74, 6) is 1.06. The third kappa shape index (κ3) is 5.10. The molecule has 1 amide bonds. The molecule has 0 aliphatic carbocycles. The first-order valence-electron chi connectivity index (χ1n) is 12.0. The molecule has 0 aromatic carbocycles. The number of anilines is 3. The normalized spacial score (nSPS) is 19.1. The monoisotopic (exact) mass is 519 g/mol. The van der Waals surface area contributed by atoms with Crippen molar-refractivity contribution in [2.45, 2.75) is 32.6 Å². The Hall–Kier alpha value is -3.68. The highest BCUT2D eigenvalue weighted by molar-refractivity contribution is 5.88. The van der Waals surface area contributed by atoms with E-state index in [4.69, 9.17) is 20.4 Å². The van der Waals surface area contributed by atoms with Gasteiger partial charge in [0.15, 0.2) is 22.8 Å². The number of imidazole rings is 1. The van der Waals surface area contributed by atoms with Crippen molar-refractivity contribution in [3.63, 3.8) is 0 Å². The lowest BCUT2D eigenvalue weighted by molar-refractivity contribution is -0.139. The number of halogens is 3. The summed E-state index contributed by atoms with van der Waals surface area (Å²) in [6.45, 7) is 5.13. The van der Waals surface area contributed by atoms with E-state index in [1.165, 1.54) is 13.1 Å². The third-order valence-electron chi connectivity index (χ3n) is 6.56. The minimum atomic E-state index is -4.51. The molecule has 2 saturated heterocycles. The van der Waals surface area contributed by atoms with Gasteiger partial charge in [-0.2, -0.15) is 13.2 Å². The second-order valence-electron chi connectivity index (χ2n) is 9.23. The quantitative estimate of drug-likeness (QED) is 0.552. The van der Waals surface area contributed by atoms with Crippen molar-refractivity contribution in [1.29, 1.82) is 0 Å². The number of nitrogen functional groups attached to an aromatic ring is 1. The maximum absolute atomic E-state index is 13.8. The molecule has 37 heavy (non-hydrogen) atoms. The number of hydrogen-bond acceptors (Lipinski definition) is 9. The first kappa shape index (κ1) is 25.0. The van der Waals surface area contributed by atoms with Crippen LogP contribution in [0.3, 0.4) is 0 Å². The van der Waals surface area contributed by atoms with Crippen LogP contribution in [-0.4, -0.2) is 93.5 Å². The summed E-state index contributed by atoms with van der Waals surface area (Å²) < 4.78 is 48.1. The Bertz CT molecular complexity index is 1290. The Balaban J connectivity index is 1.68. The van der Waals surface area contributed by atoms with Crippen LogP contribution in [0.25, 0.3) is 22.6 Å². The van der Waals surface area contributed by atoms with Gasteiger partial charge in [-0.3, -0.25) is 9.36 Å². The molecule has 14 heteroatoms. The number of carbonyl (C=O) groups is 1. The number of alkyl halides is 3. The van der Waals surface area contributed by atoms with E-state index in [0.29, 0.717) is 63.1 Å². The number of amides is 1. The van der Waals surface area contributed by atoms with Gasteiger partial charge in [0.05, 0.1) is 13.2 Å². The summed E-state index contributed by atoms with van der Waals surface area (Å²) in [5, 5.41) is 0. The van der Waals surface area contributed by atoms with Gasteiger partial charge in [0, 0.05) is 57.4 Å². The first-order valence-corrected chi connectivity index (χ1v) is 12.0. The molecule has 198 valence electrons. The van der Waals surface area contributed by atoms with E-state index in [0.717, 1.165) is 4.57 Å². The van der Waals surface area contributed by atoms with E-state index in [2.05, 4.69) is 9.97 Å². The van der Waals surface area contributed by atoms with E-state index < -0.39 is 12.7 Å². The Morgan fingerprint density at radius 3 is 2.49 bits per heavy atom. The fraction of sp³-hybridized carbons (Fsp3) is 0.522. The molecule has 2 N–H and O–H groups in total. The number of rotatable bonds is 4. The van der Waals surface area contributed by atoms with Crippen molar-refractivity contribution in [1.82, 2.24) is 29.4 Å². The number of nitrogens with zero attached hydrogens (tertiary/aromatic N) is 8. The lowest BCUT2D eigenvalue weighted by Crippen LogP contribution is -2.54. The third-order valence-corrected chi connectivity index (χ3v) is 6.56. The van der Waals surface area contributed by atoms with Crippen molar-refractivity contribution in [3.8, 4) is 11.4 Å². The first-order chi connectivity index (χ1) is 17.6. The molecule has 1 atom stereocenters. The molecule has 2 aliphatic rings. The second kappa shape index (κ2) is 9.65. The van der Waals surface area contributed by atoms with E-state index in [1.54, 1.807) is 21.9 Å². The molecule has 3 aromatic rings. The van der Waals surface area contributed by atoms with Gasteiger partial charge in [0.25, 0.3) is 0 Å². The van der Waals surface area contributed by atoms with Gasteiger partial charge in [-0.15, -0.1) is 0 Å². The number of aromatic nitrogens is 5. The smallest absolute Gasteiger partial charge is 0.384 e. The molecule has 0 radical (unpaired) electrons. The molecular formula is C23H28F3N9O2. The fourth-order valence-corrected chi connectivity index (χ4v) is 4.81. The molecule has 0 bridgehead atoms. The largest absolute Gasteiger partial charge is 0.406 e. The van der Waals surface area contributed by atoms with Crippen molar-refractivity contribution < 1.29 is 22.7 Å². The maximum atomic E-state index is 13.8. The van der Waals surface area contributed by atoms with E-state index in [1.807, 2.05) is 11.8 Å². The maximum Gasteiger partial charge on any atom is 0.406 e. The minimum Gasteiger partial charge on any atom is -0.384 e. The molecule has 2 fully saturated rings. The number of morpholine rings is 1. The molecule has 5 heterocycles. The zero-order chi connectivity index (χ0) is 26.3. The Kier molecular flexibility index (Phi) is 6.52. The number of nitrogens with two attached hydrogens (primary N) is 1. The van der Waals surface area contributed by atoms with Gasteiger partial charge < -0.3 is 25.2 Å². The number of piperazine rings is 1. The standard InChI is InChI=1S/C23H28F3N9O2/c1-14-12-33(5-6-34(14)15(2)36)22-29-18-20(32-7-9-37-10-8-32)30-19(16-3-4-17(27)28-11-16)31-21(18)35(22)13-23(24,25)26/h3-4,11,14H,5-10,12-13H2,1-2H3,(H2,27,28)/t14-/m0/s1. The Morgan fingerprint density at radius 1 is 1.11 bits per heavy atom. The molecule has 0 unspecified atom stereocenters. The van der Waals surface area contributed by atoms with E-state index in [-0.39, 0.29) is 34.9 Å². The summed E-state index contributed by atoms with van der Waals surface area (Å²) in [6.07, 6.45) is -3.02. The van der Waals surface area contributed by atoms with Gasteiger partial charge >= 0.3 is 6.18 Å². The van der Waals surface area contributed by atoms with Crippen LogP contribution in [0.1, 0.15) is 13.8 Å². The molecular weight excluding hydrogens is 491 g/mol. The average Bonchev–Trinajstić information content (AvgIpc) is 3.21. The molecule has 5 rings (SSSR count). The summed E-state index contributed by atoms with van der Waals surface area (Å²) >= 11 is 0. The summed E-state index contributed by atoms with van der Waals surface area (Å²) in [7, 11) is 0. The van der Waals surface area contributed by atoms with Crippen molar-refractivity contribution >= 4 is 34.7 Å². The molecule has 0 spiro atoms. The highest BCUT2D eigenvalue weighted by Crippen LogP contribution is 2.34. The van der Waals surface area contributed by atoms with Gasteiger partial charge in [-0.1, -0.05) is 0 Å². The number of ether oxygens (including phenoxy) is 1. The van der Waals surface area contributed by atoms with Crippen molar-refractivity contribution in [2.24, 2.45) is 0 Å². The number of carbonyl (C=O) groups excluding carboxylic acids is 1. The van der Waals surface area contributed by atoms with Gasteiger partial charge in [0.2, 0.25) is 11.9 Å². The van der Waals surface area contributed by atoms with Crippen LogP contribution in [0.2, 0.25) is 0 Å². The minimum absolute atomic E-state index is 0.0711.